The van der Waals surface area contributed by atoms with Gasteiger partial charge in [0.1, 0.15) is 0 Å². The third kappa shape index (κ3) is 3940. The van der Waals surface area contributed by atoms with Crippen LogP contribution in [0.15, 0.2) is 0 Å². The topological polar surface area (TPSA) is 350 Å². The van der Waals surface area contributed by atoms with Crippen molar-refractivity contribution in [3.8, 4) is 0 Å². The normalized spacial score (nSPS) is 1.71. The minimum atomic E-state index is -1.75. The molecule has 0 bridgehead atoms. The molecule has 18 N–H and O–H groups in total. The Morgan fingerprint density at radius 3 is 0.571 bits per heavy atom. The Kier molecular flexibility index (Phi) is 6840. The fraction of sp³-hybridized carbons (Fsp3) is 0. The first kappa shape index (κ1) is 350. The molecule has 0 heterocycles. The molecule has 0 aliphatic heterocycles. The van der Waals surface area contributed by atoms with Gasteiger partial charge in [-0.1, -0.05) is 0 Å². The quantitative estimate of drug-likeness (QED) is 0.222. The second-order valence-electron chi connectivity index (χ2n) is 0.224. The van der Waals surface area contributed by atoms with Crippen LogP contribution in [0.4, 0.5) is 0 Å². The van der Waals surface area contributed by atoms with Crippen LogP contribution < -0.4 is 18.9 Å². The molecule has 14 heavy (non-hydrogen) atoms. The van der Waals surface area contributed by atoms with E-state index in [1.165, 1.54) is 0 Å². The predicted molar refractivity (Wildman–Crippen MR) is 42.9 cm³/mol. The molecule has 14 heteroatoms. The Morgan fingerprint density at radius 1 is 0.571 bits per heavy atom. The molecule has 0 aromatic carbocycles. The molecule has 0 radical (unpaired) electrons. The van der Waals surface area contributed by atoms with E-state index >= 15 is 0 Å². The second kappa shape index (κ2) is 274. The summed E-state index contributed by atoms with van der Waals surface area (Å²) in [6.45, 7) is 0. The SMILES string of the molecule is O.O.O.O.O.O.O.O.O.O=[N+]([O-])[O-].[Li+]. The standard InChI is InChI=1S/Li.NO3.9H2O/c;2-1(3)4;;;;;;;;;/h;;9*1H2/q+1;-1;;;;;;;;;. The van der Waals surface area contributed by atoms with E-state index in [1.807, 2.05) is 0 Å². The van der Waals surface area contributed by atoms with Gasteiger partial charge in [0.2, 0.25) is 0 Å². The number of rotatable bonds is 0. The fourth-order valence-corrected chi connectivity index (χ4v) is 0. The Balaban J connectivity index is -0.000000001000. The second-order valence-corrected chi connectivity index (χ2v) is 0.224. The smallest absolute Gasteiger partial charge is 0.412 e. The Morgan fingerprint density at radius 2 is 0.571 bits per heavy atom. The van der Waals surface area contributed by atoms with Crippen LogP contribution in [0.5, 0.6) is 0 Å². The van der Waals surface area contributed by atoms with Gasteiger partial charge in [0.25, 0.3) is 0 Å². The first-order valence-corrected chi connectivity index (χ1v) is 0.548. The molecule has 0 rings (SSSR count). The molecule has 0 spiro atoms. The van der Waals surface area contributed by atoms with Crippen molar-refractivity contribution in [2.75, 3.05) is 0 Å². The maximum atomic E-state index is 8.25. The van der Waals surface area contributed by atoms with Crippen LogP contribution in [0.2, 0.25) is 0 Å². The van der Waals surface area contributed by atoms with Crippen molar-refractivity contribution in [3.05, 3.63) is 15.3 Å². The van der Waals surface area contributed by atoms with Crippen LogP contribution in [0.1, 0.15) is 0 Å². The van der Waals surface area contributed by atoms with E-state index in [0.29, 0.717) is 0 Å². The van der Waals surface area contributed by atoms with Gasteiger partial charge in [-0.05, 0) is 0 Å². The maximum Gasteiger partial charge on any atom is 1.00 e. The molecule has 96 valence electrons. The summed E-state index contributed by atoms with van der Waals surface area (Å²) in [5, 5.41) is 14.8. The van der Waals surface area contributed by atoms with E-state index in [-0.39, 0.29) is 68.1 Å². The van der Waals surface area contributed by atoms with Crippen LogP contribution >= 0.6 is 0 Å². The minimum Gasteiger partial charge on any atom is -0.412 e. The summed E-state index contributed by atoms with van der Waals surface area (Å²) in [7, 11) is 0. The van der Waals surface area contributed by atoms with Crippen LogP contribution in [0.25, 0.3) is 0 Å². The maximum absolute atomic E-state index is 8.25. The molecular weight excluding hydrogens is 213 g/mol. The van der Waals surface area contributed by atoms with Crippen LogP contribution in [0.3, 0.4) is 0 Å². The van der Waals surface area contributed by atoms with Gasteiger partial charge in [0.15, 0.2) is 0 Å². The zero-order valence-electron chi connectivity index (χ0n) is 7.17. The Hall–Kier alpha value is -0.563. The number of hydrogen-bond acceptors (Lipinski definition) is 3. The van der Waals surface area contributed by atoms with Gasteiger partial charge in [-0.3, -0.25) is 0 Å². The first-order valence-electron chi connectivity index (χ1n) is 0.548. The van der Waals surface area contributed by atoms with E-state index < -0.39 is 5.09 Å². The molecular formula is H18LiNO12. The van der Waals surface area contributed by atoms with E-state index in [2.05, 4.69) is 0 Å². The molecule has 0 aliphatic carbocycles. The molecule has 0 amide bonds. The molecule has 0 aromatic rings. The van der Waals surface area contributed by atoms with Gasteiger partial charge in [0, 0.05) is 0 Å². The first-order chi connectivity index (χ1) is 1.73. The molecule has 0 saturated carbocycles. The summed E-state index contributed by atoms with van der Waals surface area (Å²) in [6.07, 6.45) is 0. The van der Waals surface area contributed by atoms with Gasteiger partial charge in [-0.25, -0.2) is 0 Å². The Labute approximate surface area is 89.4 Å². The van der Waals surface area contributed by atoms with E-state index in [4.69, 9.17) is 15.3 Å². The molecule has 0 atom stereocenters. The summed E-state index contributed by atoms with van der Waals surface area (Å²) in [5.74, 6) is 0. The average Bonchev–Trinajstić information content (AvgIpc) is 0.811. The third-order valence-electron chi connectivity index (χ3n) is 0. The molecule has 0 unspecified atom stereocenters. The predicted octanol–water partition coefficient (Wildman–Crippen LogP) is -10.7. The fourth-order valence-electron chi connectivity index (χ4n) is 0. The van der Waals surface area contributed by atoms with Gasteiger partial charge < -0.3 is 64.6 Å². The van der Waals surface area contributed by atoms with Crippen molar-refractivity contribution in [3.63, 3.8) is 0 Å². The van der Waals surface area contributed by atoms with Crippen molar-refractivity contribution >= 4 is 0 Å². The van der Waals surface area contributed by atoms with Gasteiger partial charge >= 0.3 is 18.9 Å². The van der Waals surface area contributed by atoms with E-state index in [0.717, 1.165) is 0 Å². The molecule has 0 aromatic heterocycles. The number of nitrogens with zero attached hydrogens (tertiary/aromatic N) is 1. The summed E-state index contributed by atoms with van der Waals surface area (Å²) in [5.41, 5.74) is 0. The van der Waals surface area contributed by atoms with Crippen molar-refractivity contribution < 1.29 is 73.2 Å². The van der Waals surface area contributed by atoms with Crippen LogP contribution in [-0.4, -0.2) is 54.4 Å². The number of hydrogen-bond donors (Lipinski definition) is 0. The monoisotopic (exact) mass is 231 g/mol. The van der Waals surface area contributed by atoms with Crippen LogP contribution in [0, 0.1) is 15.3 Å². The molecule has 0 saturated heterocycles. The van der Waals surface area contributed by atoms with Gasteiger partial charge in [-0.2, -0.15) is 0 Å². The molecule has 0 aliphatic rings. The van der Waals surface area contributed by atoms with Gasteiger partial charge in [0.05, 0.1) is 5.09 Å². The van der Waals surface area contributed by atoms with Crippen molar-refractivity contribution in [1.29, 1.82) is 0 Å². The van der Waals surface area contributed by atoms with Crippen molar-refractivity contribution in [1.82, 2.24) is 0 Å². The minimum absolute atomic E-state index is 0. The van der Waals surface area contributed by atoms with E-state index in [9.17, 15) is 0 Å². The average molecular weight is 231 g/mol. The summed E-state index contributed by atoms with van der Waals surface area (Å²) in [6, 6.07) is 0. The molecule has 13 nitrogen and oxygen atoms in total. The summed E-state index contributed by atoms with van der Waals surface area (Å²) >= 11 is 0. The summed E-state index contributed by atoms with van der Waals surface area (Å²) in [4.78, 5) is 8.25. The largest absolute Gasteiger partial charge is 1.00 e. The zero-order chi connectivity index (χ0) is 3.58. The summed E-state index contributed by atoms with van der Waals surface area (Å²) < 4.78 is 0. The van der Waals surface area contributed by atoms with Crippen LogP contribution in [-0.2, 0) is 0 Å². The zero-order valence-corrected chi connectivity index (χ0v) is 7.17. The third-order valence-corrected chi connectivity index (χ3v) is 0. The van der Waals surface area contributed by atoms with Gasteiger partial charge in [-0.15, -0.1) is 0 Å². The van der Waals surface area contributed by atoms with E-state index in [1.54, 1.807) is 0 Å². The van der Waals surface area contributed by atoms with Crippen molar-refractivity contribution in [2.24, 2.45) is 0 Å². The molecule has 0 fully saturated rings. The Bertz CT molecular complexity index is 33.3. The van der Waals surface area contributed by atoms with Crippen molar-refractivity contribution in [2.45, 2.75) is 0 Å².